The van der Waals surface area contributed by atoms with Crippen LogP contribution in [0.4, 0.5) is 0 Å². The number of halogens is 2. The molecule has 3 rings (SSSR count). The van der Waals surface area contributed by atoms with Crippen molar-refractivity contribution >= 4 is 24.8 Å². The molecule has 2 aromatic rings. The Bertz CT molecular complexity index is 602. The Labute approximate surface area is 150 Å². The first kappa shape index (κ1) is 19.8. The molecule has 1 saturated heterocycles. The first-order chi connectivity index (χ1) is 10.1. The summed E-state index contributed by atoms with van der Waals surface area (Å²) in [6, 6.07) is 13.0. The van der Waals surface area contributed by atoms with Crippen molar-refractivity contribution in [3.05, 3.63) is 59.9 Å². The number of hydrogen-bond donors (Lipinski definition) is 1. The van der Waals surface area contributed by atoms with Gasteiger partial charge in [-0.1, -0.05) is 12.1 Å². The number of rotatable bonds is 3. The molecule has 3 nitrogen and oxygen atoms in total. The Morgan fingerprint density at radius 2 is 1.61 bits per heavy atom. The summed E-state index contributed by atoms with van der Waals surface area (Å²) in [6.45, 7) is 4.56. The summed E-state index contributed by atoms with van der Waals surface area (Å²) in [5, 5.41) is 3.77. The lowest BCUT2D eigenvalue weighted by molar-refractivity contribution is 0.397. The minimum absolute atomic E-state index is 0. The standard InChI is InChI=1S/C18H22N2O.2ClH/c1-18(2)16(13-8-10-19-11-9-13)12-17(20-18)14-4-6-15(21-3)7-5-14;;/h4-11,16-17,20H,12H2,1-3H3;2*1H/t16-,17+;;/m1../s1. The van der Waals surface area contributed by atoms with E-state index in [0.717, 1.165) is 12.2 Å². The Morgan fingerprint density at radius 1 is 1.00 bits per heavy atom. The maximum absolute atomic E-state index is 5.24. The molecule has 0 amide bonds. The van der Waals surface area contributed by atoms with E-state index >= 15 is 0 Å². The molecule has 0 saturated carbocycles. The second-order valence-corrected chi connectivity index (χ2v) is 6.26. The molecule has 126 valence electrons. The topological polar surface area (TPSA) is 34.1 Å². The van der Waals surface area contributed by atoms with E-state index in [0.29, 0.717) is 12.0 Å². The minimum Gasteiger partial charge on any atom is -0.497 e. The van der Waals surface area contributed by atoms with Gasteiger partial charge in [-0.15, -0.1) is 24.8 Å². The van der Waals surface area contributed by atoms with Gasteiger partial charge >= 0.3 is 0 Å². The molecular weight excluding hydrogens is 331 g/mol. The van der Waals surface area contributed by atoms with Crippen LogP contribution in [0.3, 0.4) is 0 Å². The number of aromatic nitrogens is 1. The van der Waals surface area contributed by atoms with Crippen molar-refractivity contribution in [2.24, 2.45) is 0 Å². The van der Waals surface area contributed by atoms with Crippen LogP contribution >= 0.6 is 24.8 Å². The van der Waals surface area contributed by atoms with Crippen molar-refractivity contribution < 1.29 is 4.74 Å². The van der Waals surface area contributed by atoms with Gasteiger partial charge in [-0.05, 0) is 55.7 Å². The zero-order valence-electron chi connectivity index (χ0n) is 13.7. The van der Waals surface area contributed by atoms with E-state index < -0.39 is 0 Å². The fraction of sp³-hybridized carbons (Fsp3) is 0.389. The molecule has 0 unspecified atom stereocenters. The number of ether oxygens (including phenoxy) is 1. The highest BCUT2D eigenvalue weighted by Gasteiger charge is 2.40. The van der Waals surface area contributed by atoms with Crippen molar-refractivity contribution in [3.63, 3.8) is 0 Å². The van der Waals surface area contributed by atoms with Crippen LogP contribution in [-0.2, 0) is 0 Å². The fourth-order valence-electron chi connectivity index (χ4n) is 3.34. The van der Waals surface area contributed by atoms with E-state index in [1.54, 1.807) is 7.11 Å². The molecule has 0 spiro atoms. The molecule has 2 atom stereocenters. The van der Waals surface area contributed by atoms with Gasteiger partial charge in [-0.3, -0.25) is 4.98 Å². The molecule has 5 heteroatoms. The number of hydrogen-bond acceptors (Lipinski definition) is 3. The van der Waals surface area contributed by atoms with Gasteiger partial charge in [0.25, 0.3) is 0 Å². The van der Waals surface area contributed by atoms with Crippen LogP contribution in [0.1, 0.15) is 43.4 Å². The van der Waals surface area contributed by atoms with Gasteiger partial charge in [0, 0.05) is 29.9 Å². The van der Waals surface area contributed by atoms with Crippen molar-refractivity contribution in [1.82, 2.24) is 10.3 Å². The highest BCUT2D eigenvalue weighted by molar-refractivity contribution is 5.85. The average molecular weight is 355 g/mol. The SMILES string of the molecule is COc1ccc([C@@H]2C[C@H](c3ccncc3)C(C)(C)N2)cc1.Cl.Cl. The zero-order valence-corrected chi connectivity index (χ0v) is 15.3. The van der Waals surface area contributed by atoms with Crippen LogP contribution in [0.2, 0.25) is 0 Å². The molecule has 0 bridgehead atoms. The van der Waals surface area contributed by atoms with Gasteiger partial charge in [0.05, 0.1) is 7.11 Å². The average Bonchev–Trinajstić information content (AvgIpc) is 2.84. The summed E-state index contributed by atoms with van der Waals surface area (Å²) in [5.74, 6) is 1.40. The maximum Gasteiger partial charge on any atom is 0.118 e. The summed E-state index contributed by atoms with van der Waals surface area (Å²) in [6.07, 6.45) is 4.86. The second-order valence-electron chi connectivity index (χ2n) is 6.26. The van der Waals surface area contributed by atoms with Crippen LogP contribution in [0.25, 0.3) is 0 Å². The molecule has 1 aliphatic rings. The zero-order chi connectivity index (χ0) is 14.9. The number of benzene rings is 1. The summed E-state index contributed by atoms with van der Waals surface area (Å²) in [7, 11) is 1.70. The van der Waals surface area contributed by atoms with E-state index in [2.05, 4.69) is 48.4 Å². The predicted octanol–water partition coefficient (Wildman–Crippen LogP) is 4.53. The summed E-state index contributed by atoms with van der Waals surface area (Å²) < 4.78 is 5.24. The highest BCUT2D eigenvalue weighted by atomic mass is 35.5. The first-order valence-corrected chi connectivity index (χ1v) is 7.42. The monoisotopic (exact) mass is 354 g/mol. The molecule has 2 heterocycles. The Balaban J connectivity index is 0.00000132. The fourth-order valence-corrected chi connectivity index (χ4v) is 3.34. The minimum atomic E-state index is 0. The van der Waals surface area contributed by atoms with Crippen molar-refractivity contribution in [1.29, 1.82) is 0 Å². The van der Waals surface area contributed by atoms with Gasteiger partial charge in [0.2, 0.25) is 0 Å². The van der Waals surface area contributed by atoms with Crippen LogP contribution in [0.15, 0.2) is 48.8 Å². The molecule has 1 aromatic heterocycles. The van der Waals surface area contributed by atoms with Crippen molar-refractivity contribution in [2.75, 3.05) is 7.11 Å². The maximum atomic E-state index is 5.24. The molecule has 1 aliphatic heterocycles. The second kappa shape index (κ2) is 8.00. The van der Waals surface area contributed by atoms with E-state index in [1.807, 2.05) is 24.5 Å². The van der Waals surface area contributed by atoms with Gasteiger partial charge < -0.3 is 10.1 Å². The van der Waals surface area contributed by atoms with Crippen LogP contribution in [0, 0.1) is 0 Å². The third-order valence-corrected chi connectivity index (χ3v) is 4.52. The van der Waals surface area contributed by atoms with E-state index in [1.165, 1.54) is 11.1 Å². The summed E-state index contributed by atoms with van der Waals surface area (Å²) in [5.41, 5.74) is 2.75. The third-order valence-electron chi connectivity index (χ3n) is 4.52. The van der Waals surface area contributed by atoms with Gasteiger partial charge in [-0.2, -0.15) is 0 Å². The van der Waals surface area contributed by atoms with Crippen LogP contribution in [0.5, 0.6) is 5.75 Å². The quantitative estimate of drug-likeness (QED) is 0.878. The molecule has 0 aliphatic carbocycles. The van der Waals surface area contributed by atoms with Crippen molar-refractivity contribution in [3.8, 4) is 5.75 Å². The Morgan fingerprint density at radius 3 is 2.17 bits per heavy atom. The molecule has 1 fully saturated rings. The smallest absolute Gasteiger partial charge is 0.118 e. The first-order valence-electron chi connectivity index (χ1n) is 7.42. The highest BCUT2D eigenvalue weighted by Crippen LogP contribution is 2.43. The van der Waals surface area contributed by atoms with Crippen LogP contribution < -0.4 is 10.1 Å². The van der Waals surface area contributed by atoms with Gasteiger partial charge in [0.15, 0.2) is 0 Å². The lowest BCUT2D eigenvalue weighted by Crippen LogP contribution is -2.37. The summed E-state index contributed by atoms with van der Waals surface area (Å²) in [4.78, 5) is 4.13. The number of nitrogens with one attached hydrogen (secondary N) is 1. The predicted molar refractivity (Wildman–Crippen MR) is 99.0 cm³/mol. The lowest BCUT2D eigenvalue weighted by Gasteiger charge is -2.27. The van der Waals surface area contributed by atoms with Crippen molar-refractivity contribution in [2.45, 2.75) is 37.8 Å². The normalized spacial score (nSPS) is 21.9. The number of pyridine rings is 1. The molecule has 23 heavy (non-hydrogen) atoms. The molecule has 0 radical (unpaired) electrons. The molecule has 1 N–H and O–H groups in total. The van der Waals surface area contributed by atoms with Crippen LogP contribution in [-0.4, -0.2) is 17.6 Å². The third kappa shape index (κ3) is 4.17. The molecule has 1 aromatic carbocycles. The largest absolute Gasteiger partial charge is 0.497 e. The van der Waals surface area contributed by atoms with E-state index in [4.69, 9.17) is 4.74 Å². The van der Waals surface area contributed by atoms with E-state index in [9.17, 15) is 0 Å². The number of methoxy groups -OCH3 is 1. The van der Waals surface area contributed by atoms with Gasteiger partial charge in [-0.25, -0.2) is 0 Å². The number of nitrogens with zero attached hydrogens (tertiary/aromatic N) is 1. The summed E-state index contributed by atoms with van der Waals surface area (Å²) >= 11 is 0. The Hall–Kier alpha value is -1.29. The van der Waals surface area contributed by atoms with Gasteiger partial charge in [0.1, 0.15) is 5.75 Å². The molecular formula is C18H24Cl2N2O. The van der Waals surface area contributed by atoms with E-state index in [-0.39, 0.29) is 30.4 Å². The lowest BCUT2D eigenvalue weighted by atomic mass is 9.83. The Kier molecular flexibility index (Phi) is 6.87.